The van der Waals surface area contributed by atoms with Crippen molar-refractivity contribution in [2.75, 3.05) is 0 Å². The van der Waals surface area contributed by atoms with E-state index in [-0.39, 0.29) is 0 Å². The zero-order chi connectivity index (χ0) is 8.43. The Balaban J connectivity index is 3.32. The van der Waals surface area contributed by atoms with Gasteiger partial charge in [-0.05, 0) is 18.7 Å². The highest BCUT2D eigenvalue weighted by molar-refractivity contribution is 7.83. The highest BCUT2D eigenvalue weighted by atomic mass is 32.2. The van der Waals surface area contributed by atoms with Crippen LogP contribution in [0.25, 0.3) is 0 Å². The summed E-state index contributed by atoms with van der Waals surface area (Å²) >= 11 is 0. The summed E-state index contributed by atoms with van der Waals surface area (Å²) in [5.74, 6) is 0.638. The van der Waals surface area contributed by atoms with Gasteiger partial charge in [0.05, 0.1) is 5.69 Å². The van der Waals surface area contributed by atoms with Gasteiger partial charge in [-0.15, -0.1) is 0 Å². The lowest BCUT2D eigenvalue weighted by Crippen LogP contribution is -1.85. The van der Waals surface area contributed by atoms with E-state index >= 15 is 0 Å². The van der Waals surface area contributed by atoms with E-state index < -0.39 is 10.4 Å². The zero-order valence-electron chi connectivity index (χ0n) is 6.75. The molecule has 0 fully saturated rings. The van der Waals surface area contributed by atoms with Gasteiger partial charge in [-0.1, -0.05) is 12.1 Å². The monoisotopic (exact) mass is 172 g/mol. The number of rotatable bonds is 1. The molecule has 0 amide bonds. The normalized spacial score (nSPS) is 13.7. The van der Waals surface area contributed by atoms with Crippen LogP contribution in [0.15, 0.2) is 9.42 Å². The van der Waals surface area contributed by atoms with E-state index in [0.717, 1.165) is 0 Å². The summed E-state index contributed by atoms with van der Waals surface area (Å²) in [6, 6.07) is 0. The first-order valence-corrected chi connectivity index (χ1v) is 4.51. The van der Waals surface area contributed by atoms with E-state index in [0.29, 0.717) is 16.3 Å². The van der Waals surface area contributed by atoms with Gasteiger partial charge in [-0.2, -0.15) is 5.37 Å². The van der Waals surface area contributed by atoms with E-state index in [1.165, 1.54) is 0 Å². The van der Waals surface area contributed by atoms with E-state index in [2.05, 4.69) is 5.16 Å². The number of hydrogen-bond donors (Lipinski definition) is 0. The molecule has 0 bridgehead atoms. The topological polar surface area (TPSA) is 43.1 Å². The Labute approximate surface area is 67.4 Å². The Bertz CT molecular complexity index is 315. The molecule has 1 heterocycles. The highest BCUT2D eigenvalue weighted by Gasteiger charge is 1.99. The van der Waals surface area contributed by atoms with Crippen molar-refractivity contribution in [3.05, 3.63) is 11.5 Å². The largest absolute Gasteiger partial charge is 0.457 e. The van der Waals surface area contributed by atoms with Crippen LogP contribution in [-0.2, 0) is 14.6 Å². The maximum absolute atomic E-state index is 11.3. The van der Waals surface area contributed by atoms with Gasteiger partial charge in [-0.3, -0.25) is 0 Å². The van der Waals surface area contributed by atoms with Gasteiger partial charge in [0.15, 0.2) is 0 Å². The molecule has 0 unspecified atom stereocenters. The second-order valence-corrected chi connectivity index (χ2v) is 3.66. The molecule has 0 N–H and O–H groups in total. The first kappa shape index (κ1) is 8.33. The third-order valence-electron chi connectivity index (χ3n) is 1.38. The molecule has 0 aliphatic heterocycles. The van der Waals surface area contributed by atoms with Crippen LogP contribution in [0, 0.1) is 13.8 Å². The summed E-state index contributed by atoms with van der Waals surface area (Å²) in [5.41, 5.74) is 0.707. The van der Waals surface area contributed by atoms with Crippen LogP contribution in [-0.4, -0.2) is 10.5 Å². The van der Waals surface area contributed by atoms with Gasteiger partial charge in [0.25, 0.3) is 0 Å². The second-order valence-electron chi connectivity index (χ2n) is 2.19. The second kappa shape index (κ2) is 3.09. The molecular weight excluding hydrogens is 162 g/mol. The Hall–Kier alpha value is -0.770. The predicted molar refractivity (Wildman–Crippen MR) is 44.0 cm³/mol. The minimum Gasteiger partial charge on any atom is -0.457 e. The van der Waals surface area contributed by atoms with E-state index in [1.807, 2.05) is 0 Å². The highest BCUT2D eigenvalue weighted by Crippen LogP contribution is 2.13. The third kappa shape index (κ3) is 1.45. The van der Waals surface area contributed by atoms with Crippen LogP contribution < -0.4 is 0 Å². The standard InChI is InChI=1S/C7H10NO2S/c1-4-11(9)7-5(2)8-10-6(7)3/h4H,1-3H3/q-1. The van der Waals surface area contributed by atoms with Crippen molar-refractivity contribution < 1.29 is 8.73 Å². The van der Waals surface area contributed by atoms with Crippen molar-refractivity contribution in [3.63, 3.8) is 0 Å². The number of aryl methyl sites for hydroxylation is 2. The lowest BCUT2D eigenvalue weighted by molar-refractivity contribution is 0.391. The summed E-state index contributed by atoms with van der Waals surface area (Å²) in [4.78, 5) is 0.701. The van der Waals surface area contributed by atoms with Crippen LogP contribution in [0.1, 0.15) is 18.4 Å². The van der Waals surface area contributed by atoms with Crippen LogP contribution in [0.5, 0.6) is 0 Å². The predicted octanol–water partition coefficient (Wildman–Crippen LogP) is 1.44. The quantitative estimate of drug-likeness (QED) is 0.475. The molecule has 0 saturated heterocycles. The van der Waals surface area contributed by atoms with Crippen LogP contribution in [0.4, 0.5) is 0 Å². The Morgan fingerprint density at radius 2 is 2.18 bits per heavy atom. The van der Waals surface area contributed by atoms with Crippen molar-refractivity contribution in [3.8, 4) is 0 Å². The molecule has 3 nitrogen and oxygen atoms in total. The molecule has 4 heteroatoms. The lowest BCUT2D eigenvalue weighted by Gasteiger charge is -2.00. The smallest absolute Gasteiger partial charge is 0.117 e. The van der Waals surface area contributed by atoms with E-state index in [9.17, 15) is 4.21 Å². The molecule has 1 aromatic rings. The van der Waals surface area contributed by atoms with Crippen molar-refractivity contribution in [1.82, 2.24) is 5.16 Å². The van der Waals surface area contributed by atoms with Crippen molar-refractivity contribution in [1.29, 1.82) is 0 Å². The summed E-state index contributed by atoms with van der Waals surface area (Å²) in [6.45, 7) is 5.30. The summed E-state index contributed by atoms with van der Waals surface area (Å²) in [5, 5.41) is 5.31. The van der Waals surface area contributed by atoms with Gasteiger partial charge in [0.2, 0.25) is 0 Å². The van der Waals surface area contributed by atoms with Crippen molar-refractivity contribution in [2.45, 2.75) is 25.7 Å². The summed E-state index contributed by atoms with van der Waals surface area (Å²) in [6.07, 6.45) is 0. The first-order chi connectivity index (χ1) is 5.16. The zero-order valence-corrected chi connectivity index (χ0v) is 7.57. The molecule has 0 radical (unpaired) electrons. The Morgan fingerprint density at radius 1 is 1.55 bits per heavy atom. The molecule has 0 aliphatic rings. The van der Waals surface area contributed by atoms with Crippen molar-refractivity contribution >= 4 is 15.8 Å². The van der Waals surface area contributed by atoms with E-state index in [4.69, 9.17) is 4.52 Å². The van der Waals surface area contributed by atoms with Gasteiger partial charge in [0, 0.05) is 0 Å². The maximum Gasteiger partial charge on any atom is 0.117 e. The molecule has 0 aliphatic carbocycles. The fraction of sp³-hybridized carbons (Fsp3) is 0.429. The molecule has 11 heavy (non-hydrogen) atoms. The molecule has 0 saturated carbocycles. The molecular formula is C7H10NO2S-. The summed E-state index contributed by atoms with van der Waals surface area (Å²) < 4.78 is 16.1. The van der Waals surface area contributed by atoms with Gasteiger partial charge >= 0.3 is 0 Å². The molecule has 1 aromatic heterocycles. The number of nitrogens with zero attached hydrogens (tertiary/aromatic N) is 1. The maximum atomic E-state index is 11.3. The fourth-order valence-corrected chi connectivity index (χ4v) is 1.76. The first-order valence-electron chi connectivity index (χ1n) is 3.29. The lowest BCUT2D eigenvalue weighted by atomic mass is 10.4. The number of hydrogen-bond acceptors (Lipinski definition) is 4. The Kier molecular flexibility index (Phi) is 2.34. The SMILES string of the molecule is CC=[S-](=O)c1c(C)noc1C. The van der Waals surface area contributed by atoms with Gasteiger partial charge in [0.1, 0.15) is 5.76 Å². The average Bonchev–Trinajstić information content (AvgIpc) is 2.30. The molecule has 1 rings (SSSR count). The number of aromatic nitrogens is 1. The molecule has 0 aromatic carbocycles. The molecule has 0 atom stereocenters. The van der Waals surface area contributed by atoms with Crippen molar-refractivity contribution in [2.24, 2.45) is 0 Å². The molecule has 62 valence electrons. The van der Waals surface area contributed by atoms with Crippen LogP contribution in [0.2, 0.25) is 0 Å². The van der Waals surface area contributed by atoms with Gasteiger partial charge in [-0.25, -0.2) is 10.4 Å². The van der Waals surface area contributed by atoms with Crippen LogP contribution in [0.3, 0.4) is 0 Å². The van der Waals surface area contributed by atoms with E-state index in [1.54, 1.807) is 26.1 Å². The summed E-state index contributed by atoms with van der Waals surface area (Å²) in [7, 11) is -1.06. The average molecular weight is 172 g/mol. The molecule has 0 spiro atoms. The minimum absolute atomic E-state index is 0.638. The fourth-order valence-electron chi connectivity index (χ4n) is 0.880. The Morgan fingerprint density at radius 3 is 2.55 bits per heavy atom. The van der Waals surface area contributed by atoms with Crippen LogP contribution >= 0.6 is 0 Å². The third-order valence-corrected chi connectivity index (χ3v) is 2.80. The minimum atomic E-state index is -1.06. The van der Waals surface area contributed by atoms with Gasteiger partial charge < -0.3 is 8.73 Å².